The van der Waals surface area contributed by atoms with Crippen molar-refractivity contribution in [2.45, 2.75) is 45.2 Å². The molecule has 6 nitrogen and oxygen atoms in total. The fourth-order valence-corrected chi connectivity index (χ4v) is 4.37. The van der Waals surface area contributed by atoms with E-state index in [0.717, 1.165) is 16.7 Å². The molecule has 152 valence electrons. The van der Waals surface area contributed by atoms with Gasteiger partial charge in [0.2, 0.25) is 10.0 Å². The maximum absolute atomic E-state index is 12.3. The van der Waals surface area contributed by atoms with Crippen LogP contribution in [0.15, 0.2) is 59.6 Å². The van der Waals surface area contributed by atoms with Gasteiger partial charge in [-0.1, -0.05) is 54.6 Å². The second-order valence-electron chi connectivity index (χ2n) is 7.00. The van der Waals surface area contributed by atoms with Crippen molar-refractivity contribution < 1.29 is 8.42 Å². The number of nitrogens with zero attached hydrogens (tertiary/aromatic N) is 1. The van der Waals surface area contributed by atoms with Crippen molar-refractivity contribution in [1.82, 2.24) is 15.4 Å². The first-order chi connectivity index (χ1) is 13.3. The van der Waals surface area contributed by atoms with Crippen LogP contribution in [0, 0.1) is 0 Å². The molecule has 1 unspecified atom stereocenters. The lowest BCUT2D eigenvalue weighted by molar-refractivity contribution is 0.568. The summed E-state index contributed by atoms with van der Waals surface area (Å²) in [5.74, 6) is 0.615. The molecule has 0 aliphatic heterocycles. The normalized spacial score (nSPS) is 13.4. The van der Waals surface area contributed by atoms with E-state index in [0.29, 0.717) is 12.5 Å². The maximum Gasteiger partial charge on any atom is 0.216 e. The van der Waals surface area contributed by atoms with Crippen LogP contribution in [0.25, 0.3) is 0 Å². The van der Waals surface area contributed by atoms with E-state index in [2.05, 4.69) is 39.4 Å². The van der Waals surface area contributed by atoms with Gasteiger partial charge in [-0.25, -0.2) is 13.1 Å². The highest BCUT2D eigenvalue weighted by atomic mass is 32.2. The zero-order chi connectivity index (χ0) is 20.6. The Hall–Kier alpha value is -2.38. The molecule has 0 bridgehead atoms. The number of hydrogen-bond donors (Lipinski definition) is 3. The molecular formula is C21H30N4O2S. The van der Waals surface area contributed by atoms with Crippen LogP contribution in [0.5, 0.6) is 0 Å². The summed E-state index contributed by atoms with van der Waals surface area (Å²) in [6.45, 7) is 6.18. The molecule has 0 heterocycles. The Balaban J connectivity index is 2.03. The molecule has 7 heteroatoms. The van der Waals surface area contributed by atoms with E-state index in [1.807, 2.05) is 56.3 Å². The molecule has 0 spiro atoms. The molecule has 0 saturated carbocycles. The zero-order valence-electron chi connectivity index (χ0n) is 16.9. The van der Waals surface area contributed by atoms with Crippen molar-refractivity contribution in [2.24, 2.45) is 4.99 Å². The smallest absolute Gasteiger partial charge is 0.216 e. The van der Waals surface area contributed by atoms with Crippen molar-refractivity contribution >= 4 is 16.0 Å². The lowest BCUT2D eigenvalue weighted by Gasteiger charge is -2.19. The number of guanidine groups is 1. The fourth-order valence-electron chi connectivity index (χ4n) is 2.88. The molecule has 0 radical (unpaired) electrons. The molecule has 2 rings (SSSR count). The van der Waals surface area contributed by atoms with Crippen molar-refractivity contribution in [1.29, 1.82) is 0 Å². The lowest BCUT2D eigenvalue weighted by Crippen LogP contribution is -2.38. The predicted octanol–water partition coefficient (Wildman–Crippen LogP) is 2.94. The number of sulfonamides is 1. The molecule has 0 fully saturated rings. The fraction of sp³-hybridized carbons (Fsp3) is 0.381. The van der Waals surface area contributed by atoms with Gasteiger partial charge >= 0.3 is 0 Å². The van der Waals surface area contributed by atoms with Crippen LogP contribution in [0.4, 0.5) is 0 Å². The third kappa shape index (κ3) is 6.98. The summed E-state index contributed by atoms with van der Waals surface area (Å²) in [5.41, 5.74) is 2.86. The summed E-state index contributed by atoms with van der Waals surface area (Å²) >= 11 is 0. The first-order valence-corrected chi connectivity index (χ1v) is 11.0. The van der Waals surface area contributed by atoms with Crippen LogP contribution in [0.1, 0.15) is 43.5 Å². The Morgan fingerprint density at radius 1 is 0.964 bits per heavy atom. The highest BCUT2D eigenvalue weighted by Crippen LogP contribution is 2.13. The second-order valence-corrected chi connectivity index (χ2v) is 8.76. The Bertz CT molecular complexity index is 880. The second kappa shape index (κ2) is 10.2. The number of benzene rings is 2. The zero-order valence-corrected chi connectivity index (χ0v) is 17.8. The number of rotatable bonds is 8. The van der Waals surface area contributed by atoms with Crippen LogP contribution in [-0.4, -0.2) is 27.5 Å². The summed E-state index contributed by atoms with van der Waals surface area (Å²) in [4.78, 5) is 4.28. The lowest BCUT2D eigenvalue weighted by atomic mass is 10.1. The van der Waals surface area contributed by atoms with Gasteiger partial charge in [0.1, 0.15) is 0 Å². The molecule has 2 aromatic rings. The number of nitrogens with one attached hydrogen (secondary N) is 3. The minimum atomic E-state index is -3.38. The first kappa shape index (κ1) is 21.9. The van der Waals surface area contributed by atoms with E-state index >= 15 is 0 Å². The topological polar surface area (TPSA) is 82.6 Å². The third-order valence-corrected chi connectivity index (χ3v) is 5.72. The van der Waals surface area contributed by atoms with Gasteiger partial charge in [0.15, 0.2) is 5.96 Å². The van der Waals surface area contributed by atoms with Gasteiger partial charge in [-0.05, 0) is 37.5 Å². The largest absolute Gasteiger partial charge is 0.352 e. The molecule has 1 atom stereocenters. The van der Waals surface area contributed by atoms with Gasteiger partial charge in [-0.15, -0.1) is 0 Å². The average molecular weight is 403 g/mol. The Morgan fingerprint density at radius 2 is 1.57 bits per heavy atom. The van der Waals surface area contributed by atoms with E-state index in [-0.39, 0.29) is 17.8 Å². The van der Waals surface area contributed by atoms with E-state index < -0.39 is 10.0 Å². The number of aliphatic imine (C=N–C) groups is 1. The van der Waals surface area contributed by atoms with Crippen LogP contribution in [0.2, 0.25) is 0 Å². The monoisotopic (exact) mass is 402 g/mol. The van der Waals surface area contributed by atoms with Crippen molar-refractivity contribution in [2.75, 3.05) is 7.05 Å². The quantitative estimate of drug-likeness (QED) is 0.468. The summed E-state index contributed by atoms with van der Waals surface area (Å²) < 4.78 is 27.2. The van der Waals surface area contributed by atoms with Gasteiger partial charge in [-0.2, -0.15) is 0 Å². The molecule has 3 N–H and O–H groups in total. The standard InChI is InChI=1S/C21H30N4O2S/c1-16(2)25-28(26,27)15-20-13-9-8-12-19(20)14-23-21(22-4)24-17(3)18-10-6-5-7-11-18/h5-13,16-17,25H,14-15H2,1-4H3,(H2,22,23,24). The van der Waals surface area contributed by atoms with Gasteiger partial charge in [0, 0.05) is 19.6 Å². The summed E-state index contributed by atoms with van der Waals surface area (Å²) in [7, 11) is -1.66. The van der Waals surface area contributed by atoms with Gasteiger partial charge in [-0.3, -0.25) is 4.99 Å². The van der Waals surface area contributed by atoms with E-state index in [4.69, 9.17) is 0 Å². The first-order valence-electron chi connectivity index (χ1n) is 9.39. The van der Waals surface area contributed by atoms with Crippen molar-refractivity contribution in [3.8, 4) is 0 Å². The molecular weight excluding hydrogens is 372 g/mol. The van der Waals surface area contributed by atoms with Crippen molar-refractivity contribution in [3.05, 3.63) is 71.3 Å². The van der Waals surface area contributed by atoms with Gasteiger partial charge in [0.25, 0.3) is 0 Å². The average Bonchev–Trinajstić information content (AvgIpc) is 2.65. The maximum atomic E-state index is 12.3. The Morgan fingerprint density at radius 3 is 2.18 bits per heavy atom. The molecule has 0 aliphatic rings. The van der Waals surface area contributed by atoms with Crippen LogP contribution < -0.4 is 15.4 Å². The minimum absolute atomic E-state index is 0.0461. The van der Waals surface area contributed by atoms with Crippen LogP contribution >= 0.6 is 0 Å². The SMILES string of the molecule is CN=C(NCc1ccccc1CS(=O)(=O)NC(C)C)NC(C)c1ccccc1. The van der Waals surface area contributed by atoms with Crippen LogP contribution in [-0.2, 0) is 22.3 Å². The Kier molecular flexibility index (Phi) is 8.02. The molecule has 28 heavy (non-hydrogen) atoms. The van der Waals surface area contributed by atoms with Crippen molar-refractivity contribution in [3.63, 3.8) is 0 Å². The molecule has 0 aliphatic carbocycles. The highest BCUT2D eigenvalue weighted by Gasteiger charge is 2.15. The van der Waals surface area contributed by atoms with E-state index in [9.17, 15) is 8.42 Å². The predicted molar refractivity (Wildman–Crippen MR) is 116 cm³/mol. The minimum Gasteiger partial charge on any atom is -0.352 e. The summed E-state index contributed by atoms with van der Waals surface area (Å²) in [6.07, 6.45) is 0. The van der Waals surface area contributed by atoms with E-state index in [1.54, 1.807) is 7.05 Å². The molecule has 0 aromatic heterocycles. The molecule has 0 amide bonds. The molecule has 0 saturated heterocycles. The highest BCUT2D eigenvalue weighted by molar-refractivity contribution is 7.88. The molecule has 2 aromatic carbocycles. The summed E-state index contributed by atoms with van der Waals surface area (Å²) in [6, 6.07) is 17.6. The van der Waals surface area contributed by atoms with E-state index in [1.165, 1.54) is 0 Å². The van der Waals surface area contributed by atoms with Crippen LogP contribution in [0.3, 0.4) is 0 Å². The van der Waals surface area contributed by atoms with Gasteiger partial charge in [0.05, 0.1) is 11.8 Å². The summed E-state index contributed by atoms with van der Waals surface area (Å²) in [5, 5.41) is 6.63. The Labute approximate surface area is 168 Å². The van der Waals surface area contributed by atoms with Gasteiger partial charge < -0.3 is 10.6 Å². The third-order valence-electron chi connectivity index (χ3n) is 4.20. The number of hydrogen-bond acceptors (Lipinski definition) is 3.